The van der Waals surface area contributed by atoms with E-state index in [1.54, 1.807) is 31.4 Å². The summed E-state index contributed by atoms with van der Waals surface area (Å²) in [5.74, 6) is 1.60. The monoisotopic (exact) mass is 406 g/mol. The van der Waals surface area contributed by atoms with Crippen LogP contribution in [0.15, 0.2) is 59.1 Å². The first kappa shape index (κ1) is 19.8. The minimum Gasteiger partial charge on any atom is -0.497 e. The number of aromatic nitrogens is 4. The summed E-state index contributed by atoms with van der Waals surface area (Å²) in [4.78, 5) is 4.46. The van der Waals surface area contributed by atoms with Gasteiger partial charge >= 0.3 is 0 Å². The second-order valence-corrected chi connectivity index (χ2v) is 7.65. The maximum Gasteiger partial charge on any atom is 0.278 e. The standard InChI is InChI=1S/C23H23FN4O2/c1-15-13-20(26-28(15)14-16-5-11-19(29-4)12-6-16)22-25-21(27-30-22)17-7-9-18(10-8-17)23(2,3)24/h5-13H,14H2,1-4H3. The Morgan fingerprint density at radius 3 is 2.40 bits per heavy atom. The van der Waals surface area contributed by atoms with E-state index in [4.69, 9.17) is 9.26 Å². The number of ether oxygens (including phenoxy) is 1. The van der Waals surface area contributed by atoms with Gasteiger partial charge in [0.15, 0.2) is 5.69 Å². The Morgan fingerprint density at radius 2 is 1.77 bits per heavy atom. The van der Waals surface area contributed by atoms with Gasteiger partial charge in [-0.05, 0) is 50.1 Å². The van der Waals surface area contributed by atoms with Gasteiger partial charge in [-0.25, -0.2) is 4.39 Å². The average Bonchev–Trinajstić information content (AvgIpc) is 3.35. The van der Waals surface area contributed by atoms with Crippen molar-refractivity contribution in [3.8, 4) is 28.7 Å². The van der Waals surface area contributed by atoms with Crippen LogP contribution < -0.4 is 4.74 Å². The summed E-state index contributed by atoms with van der Waals surface area (Å²) in [5.41, 5.74) is 2.66. The van der Waals surface area contributed by atoms with Crippen molar-refractivity contribution in [1.29, 1.82) is 0 Å². The van der Waals surface area contributed by atoms with Crippen molar-refractivity contribution in [3.63, 3.8) is 0 Å². The molecule has 0 fully saturated rings. The van der Waals surface area contributed by atoms with E-state index >= 15 is 0 Å². The van der Waals surface area contributed by atoms with E-state index in [1.165, 1.54) is 13.8 Å². The van der Waals surface area contributed by atoms with Gasteiger partial charge in [0.2, 0.25) is 5.82 Å². The molecule has 2 heterocycles. The smallest absolute Gasteiger partial charge is 0.278 e. The van der Waals surface area contributed by atoms with Crippen LogP contribution in [-0.2, 0) is 12.2 Å². The maximum atomic E-state index is 14.0. The van der Waals surface area contributed by atoms with E-state index in [-0.39, 0.29) is 0 Å². The van der Waals surface area contributed by atoms with Crippen LogP contribution in [0.5, 0.6) is 5.75 Å². The zero-order valence-corrected chi connectivity index (χ0v) is 17.4. The van der Waals surface area contributed by atoms with E-state index < -0.39 is 5.67 Å². The second-order valence-electron chi connectivity index (χ2n) is 7.65. The molecule has 2 aromatic heterocycles. The number of halogens is 1. The molecule has 2 aromatic carbocycles. The van der Waals surface area contributed by atoms with E-state index in [0.29, 0.717) is 29.5 Å². The number of aryl methyl sites for hydroxylation is 1. The van der Waals surface area contributed by atoms with Crippen LogP contribution in [0.3, 0.4) is 0 Å². The first-order valence-electron chi connectivity index (χ1n) is 9.65. The van der Waals surface area contributed by atoms with Crippen LogP contribution in [-0.4, -0.2) is 27.0 Å². The van der Waals surface area contributed by atoms with Gasteiger partial charge in [-0.1, -0.05) is 41.6 Å². The lowest BCUT2D eigenvalue weighted by Crippen LogP contribution is -2.08. The van der Waals surface area contributed by atoms with E-state index in [1.807, 2.05) is 41.9 Å². The van der Waals surface area contributed by atoms with Crippen LogP contribution in [0.1, 0.15) is 30.7 Å². The average molecular weight is 406 g/mol. The topological polar surface area (TPSA) is 66.0 Å². The molecule has 0 unspecified atom stereocenters. The number of alkyl halides is 1. The summed E-state index contributed by atoms with van der Waals surface area (Å²) in [6, 6.07) is 16.8. The molecule has 0 radical (unpaired) electrons. The molecule has 154 valence electrons. The van der Waals surface area contributed by atoms with Crippen molar-refractivity contribution in [1.82, 2.24) is 19.9 Å². The Morgan fingerprint density at radius 1 is 1.07 bits per heavy atom. The fourth-order valence-electron chi connectivity index (χ4n) is 3.14. The number of rotatable bonds is 6. The van der Waals surface area contributed by atoms with Crippen LogP contribution >= 0.6 is 0 Å². The van der Waals surface area contributed by atoms with Gasteiger partial charge in [-0.2, -0.15) is 10.1 Å². The predicted molar refractivity (Wildman–Crippen MR) is 112 cm³/mol. The Hall–Kier alpha value is -3.48. The third kappa shape index (κ3) is 4.10. The molecule has 0 saturated carbocycles. The third-order valence-corrected chi connectivity index (χ3v) is 4.95. The molecule has 0 saturated heterocycles. The lowest BCUT2D eigenvalue weighted by Gasteiger charge is -2.14. The molecular formula is C23H23FN4O2. The number of methoxy groups -OCH3 is 1. The number of hydrogen-bond acceptors (Lipinski definition) is 5. The van der Waals surface area contributed by atoms with Gasteiger partial charge < -0.3 is 9.26 Å². The zero-order chi connectivity index (χ0) is 21.3. The molecule has 0 aliphatic heterocycles. The Labute approximate surface area is 174 Å². The number of hydrogen-bond donors (Lipinski definition) is 0. The molecule has 0 N–H and O–H groups in total. The summed E-state index contributed by atoms with van der Waals surface area (Å²) in [6.07, 6.45) is 0. The molecule has 4 aromatic rings. The first-order chi connectivity index (χ1) is 14.3. The van der Waals surface area contributed by atoms with Gasteiger partial charge in [0.1, 0.15) is 11.4 Å². The highest BCUT2D eigenvalue weighted by Crippen LogP contribution is 2.28. The molecule has 0 spiro atoms. The van der Waals surface area contributed by atoms with Crippen molar-refractivity contribution < 1.29 is 13.7 Å². The third-order valence-electron chi connectivity index (χ3n) is 4.95. The van der Waals surface area contributed by atoms with Crippen molar-refractivity contribution in [2.75, 3.05) is 7.11 Å². The predicted octanol–water partition coefficient (Wildman–Crippen LogP) is 5.17. The van der Waals surface area contributed by atoms with Gasteiger partial charge in [-0.3, -0.25) is 4.68 Å². The molecule has 0 aliphatic rings. The minimum atomic E-state index is -1.39. The summed E-state index contributed by atoms with van der Waals surface area (Å²) in [7, 11) is 1.65. The van der Waals surface area contributed by atoms with Gasteiger partial charge in [-0.15, -0.1) is 0 Å². The normalized spacial score (nSPS) is 11.6. The summed E-state index contributed by atoms with van der Waals surface area (Å²) < 4.78 is 26.6. The Balaban J connectivity index is 1.54. The Bertz CT molecular complexity index is 1140. The molecule has 4 rings (SSSR count). The molecule has 30 heavy (non-hydrogen) atoms. The van der Waals surface area contributed by atoms with Gasteiger partial charge in [0.25, 0.3) is 5.89 Å². The minimum absolute atomic E-state index is 0.344. The van der Waals surface area contributed by atoms with Crippen molar-refractivity contribution >= 4 is 0 Å². The molecule has 6 nitrogen and oxygen atoms in total. The van der Waals surface area contributed by atoms with Crippen molar-refractivity contribution in [2.45, 2.75) is 33.0 Å². The van der Waals surface area contributed by atoms with Crippen molar-refractivity contribution in [3.05, 3.63) is 71.4 Å². The molecule has 0 amide bonds. The molecule has 0 aliphatic carbocycles. The lowest BCUT2D eigenvalue weighted by atomic mass is 9.99. The molecule has 0 bridgehead atoms. The van der Waals surface area contributed by atoms with Crippen LogP contribution in [0.2, 0.25) is 0 Å². The summed E-state index contributed by atoms with van der Waals surface area (Å²) >= 11 is 0. The Kier molecular flexibility index (Phi) is 5.11. The lowest BCUT2D eigenvalue weighted by molar-refractivity contribution is 0.221. The number of nitrogens with zero attached hydrogens (tertiary/aromatic N) is 4. The van der Waals surface area contributed by atoms with E-state index in [9.17, 15) is 4.39 Å². The quantitative estimate of drug-likeness (QED) is 0.442. The first-order valence-corrected chi connectivity index (χ1v) is 9.65. The van der Waals surface area contributed by atoms with Crippen molar-refractivity contribution in [2.24, 2.45) is 0 Å². The molecule has 7 heteroatoms. The maximum absolute atomic E-state index is 14.0. The van der Waals surface area contributed by atoms with Crippen LogP contribution in [0.25, 0.3) is 23.0 Å². The number of benzene rings is 2. The van der Waals surface area contributed by atoms with Crippen LogP contribution in [0.4, 0.5) is 4.39 Å². The highest BCUT2D eigenvalue weighted by molar-refractivity contribution is 5.58. The highest BCUT2D eigenvalue weighted by atomic mass is 19.1. The SMILES string of the molecule is COc1ccc(Cn2nc(-c3nc(-c4ccc(C(C)(C)F)cc4)no3)cc2C)cc1. The highest BCUT2D eigenvalue weighted by Gasteiger charge is 2.19. The van der Waals surface area contributed by atoms with Gasteiger partial charge in [0, 0.05) is 11.3 Å². The van der Waals surface area contributed by atoms with E-state index in [0.717, 1.165) is 22.6 Å². The zero-order valence-electron chi connectivity index (χ0n) is 17.4. The fraction of sp³-hybridized carbons (Fsp3) is 0.261. The molecular weight excluding hydrogens is 383 g/mol. The van der Waals surface area contributed by atoms with Crippen LogP contribution in [0, 0.1) is 6.92 Å². The summed E-state index contributed by atoms with van der Waals surface area (Å²) in [6.45, 7) is 5.66. The molecule has 0 atom stereocenters. The fourth-order valence-corrected chi connectivity index (χ4v) is 3.14. The summed E-state index contributed by atoms with van der Waals surface area (Å²) in [5, 5.41) is 8.66. The van der Waals surface area contributed by atoms with Gasteiger partial charge in [0.05, 0.1) is 13.7 Å². The van der Waals surface area contributed by atoms with E-state index in [2.05, 4.69) is 15.2 Å². The second kappa shape index (κ2) is 7.74. The largest absolute Gasteiger partial charge is 0.497 e.